The third kappa shape index (κ3) is 17.5. The minimum Gasteiger partial charge on any atom is -0.465 e. The highest BCUT2D eigenvalue weighted by Crippen LogP contribution is 2.39. The van der Waals surface area contributed by atoms with Crippen molar-refractivity contribution in [2.24, 2.45) is 17.3 Å². The zero-order valence-electron chi connectivity index (χ0n) is 22.9. The lowest BCUT2D eigenvalue weighted by Gasteiger charge is -2.35. The molecule has 0 rings (SSSR count). The molecule has 33 heavy (non-hydrogen) atoms. The molecule has 0 fully saturated rings. The molecular weight excluding hydrogens is 412 g/mol. The van der Waals surface area contributed by atoms with Crippen LogP contribution in [0.3, 0.4) is 0 Å². The van der Waals surface area contributed by atoms with Gasteiger partial charge in [0.05, 0.1) is 24.7 Å². The maximum Gasteiger partial charge on any atom is 0.312 e. The summed E-state index contributed by atoms with van der Waals surface area (Å²) in [4.78, 5) is 13.1. The summed E-state index contributed by atoms with van der Waals surface area (Å²) in [6, 6.07) is 0. The number of esters is 1. The van der Waals surface area contributed by atoms with Gasteiger partial charge in [0.25, 0.3) is 0 Å². The predicted octanol–water partition coefficient (Wildman–Crippen LogP) is 7.83. The molecule has 0 saturated carbocycles. The zero-order valence-corrected chi connectivity index (χ0v) is 22.9. The summed E-state index contributed by atoms with van der Waals surface area (Å²) < 4.78 is 5.65. The van der Waals surface area contributed by atoms with E-state index in [4.69, 9.17) is 4.74 Å². The van der Waals surface area contributed by atoms with Crippen LogP contribution in [0, 0.1) is 17.3 Å². The third-order valence-corrected chi connectivity index (χ3v) is 6.63. The summed E-state index contributed by atoms with van der Waals surface area (Å²) in [5.41, 5.74) is -0.692. The number of ether oxygens (including phenoxy) is 1. The van der Waals surface area contributed by atoms with Gasteiger partial charge in [-0.05, 0) is 31.1 Å². The van der Waals surface area contributed by atoms with E-state index in [-0.39, 0.29) is 24.9 Å². The third-order valence-electron chi connectivity index (χ3n) is 6.63. The first-order valence-corrected chi connectivity index (χ1v) is 14.2. The van der Waals surface area contributed by atoms with Gasteiger partial charge in [-0.2, -0.15) is 0 Å². The van der Waals surface area contributed by atoms with E-state index in [1.165, 1.54) is 77.0 Å². The smallest absolute Gasteiger partial charge is 0.312 e. The Labute approximate surface area is 206 Å². The topological polar surface area (TPSA) is 66.8 Å². The minimum atomic E-state index is -0.873. The van der Waals surface area contributed by atoms with E-state index in [1.807, 2.05) is 13.8 Å². The number of aliphatic hydroxyl groups excluding tert-OH is 2. The van der Waals surface area contributed by atoms with E-state index >= 15 is 0 Å². The monoisotopic (exact) mass is 470 g/mol. The normalized spacial score (nSPS) is 14.6. The molecule has 0 aromatic rings. The van der Waals surface area contributed by atoms with Crippen molar-refractivity contribution in [2.45, 2.75) is 150 Å². The van der Waals surface area contributed by atoms with Gasteiger partial charge in [-0.25, -0.2) is 0 Å². The lowest BCUT2D eigenvalue weighted by Crippen LogP contribution is -2.39. The van der Waals surface area contributed by atoms with Crippen molar-refractivity contribution in [2.75, 3.05) is 13.2 Å². The van der Waals surface area contributed by atoms with E-state index in [0.29, 0.717) is 18.9 Å². The summed E-state index contributed by atoms with van der Waals surface area (Å²) in [5, 5.41) is 19.6. The van der Waals surface area contributed by atoms with Crippen LogP contribution >= 0.6 is 0 Å². The predicted molar refractivity (Wildman–Crippen MR) is 140 cm³/mol. The SMILES string of the molecule is CCCCCCCCCCCCCCCCC(CC(C)C)(CC(O)CO)C(=O)OCC(C)C. The quantitative estimate of drug-likeness (QED) is 0.118. The Hall–Kier alpha value is -0.610. The molecule has 0 aliphatic heterocycles. The Bertz CT molecular complexity index is 449. The van der Waals surface area contributed by atoms with Crippen LogP contribution in [-0.2, 0) is 9.53 Å². The maximum absolute atomic E-state index is 13.1. The number of hydrogen-bond donors (Lipinski definition) is 2. The Balaban J connectivity index is 4.32. The van der Waals surface area contributed by atoms with Crippen LogP contribution in [0.4, 0.5) is 0 Å². The van der Waals surface area contributed by atoms with Crippen molar-refractivity contribution < 1.29 is 19.7 Å². The van der Waals surface area contributed by atoms with Gasteiger partial charge < -0.3 is 14.9 Å². The average Bonchev–Trinajstić information content (AvgIpc) is 2.76. The largest absolute Gasteiger partial charge is 0.465 e. The summed E-state index contributed by atoms with van der Waals surface area (Å²) in [7, 11) is 0. The van der Waals surface area contributed by atoms with E-state index in [0.717, 1.165) is 19.3 Å². The Morgan fingerprint density at radius 1 is 0.727 bits per heavy atom. The fraction of sp³-hybridized carbons (Fsp3) is 0.966. The van der Waals surface area contributed by atoms with E-state index < -0.39 is 11.5 Å². The Morgan fingerprint density at radius 2 is 1.18 bits per heavy atom. The molecule has 0 spiro atoms. The van der Waals surface area contributed by atoms with Crippen molar-refractivity contribution in [1.82, 2.24) is 0 Å². The van der Waals surface area contributed by atoms with Crippen LogP contribution in [-0.4, -0.2) is 35.5 Å². The molecule has 0 aromatic carbocycles. The molecule has 2 atom stereocenters. The Kier molecular flexibility index (Phi) is 20.4. The lowest BCUT2D eigenvalue weighted by molar-refractivity contribution is -0.161. The highest BCUT2D eigenvalue weighted by atomic mass is 16.5. The van der Waals surface area contributed by atoms with Gasteiger partial charge in [0.15, 0.2) is 0 Å². The van der Waals surface area contributed by atoms with Crippen molar-refractivity contribution in [3.05, 3.63) is 0 Å². The molecule has 2 unspecified atom stereocenters. The van der Waals surface area contributed by atoms with E-state index in [9.17, 15) is 15.0 Å². The zero-order chi connectivity index (χ0) is 25.0. The number of unbranched alkanes of at least 4 members (excludes halogenated alkanes) is 13. The van der Waals surface area contributed by atoms with E-state index in [1.54, 1.807) is 0 Å². The van der Waals surface area contributed by atoms with Crippen molar-refractivity contribution in [3.8, 4) is 0 Å². The number of aliphatic hydroxyl groups is 2. The second kappa shape index (κ2) is 20.7. The first-order chi connectivity index (χ1) is 15.8. The molecule has 0 bridgehead atoms. The molecule has 0 aliphatic carbocycles. The molecular formula is C29H58O4. The van der Waals surface area contributed by atoms with Gasteiger partial charge in [0.2, 0.25) is 0 Å². The second-order valence-electron chi connectivity index (χ2n) is 11.3. The minimum absolute atomic E-state index is 0.188. The molecule has 0 aromatic heterocycles. The molecule has 0 amide bonds. The van der Waals surface area contributed by atoms with Crippen LogP contribution < -0.4 is 0 Å². The van der Waals surface area contributed by atoms with Gasteiger partial charge in [-0.3, -0.25) is 4.79 Å². The van der Waals surface area contributed by atoms with Crippen molar-refractivity contribution >= 4 is 5.97 Å². The molecule has 0 saturated heterocycles. The molecule has 2 N–H and O–H groups in total. The fourth-order valence-electron chi connectivity index (χ4n) is 4.91. The number of hydrogen-bond acceptors (Lipinski definition) is 4. The lowest BCUT2D eigenvalue weighted by atomic mass is 9.72. The average molecular weight is 471 g/mol. The van der Waals surface area contributed by atoms with Crippen LogP contribution in [0.5, 0.6) is 0 Å². The molecule has 0 heterocycles. The first kappa shape index (κ1) is 32.4. The highest BCUT2D eigenvalue weighted by molar-refractivity contribution is 5.77. The van der Waals surface area contributed by atoms with Crippen molar-refractivity contribution in [1.29, 1.82) is 0 Å². The Morgan fingerprint density at radius 3 is 1.58 bits per heavy atom. The summed E-state index contributed by atoms with van der Waals surface area (Å²) in [6.07, 6.45) is 19.1. The van der Waals surface area contributed by atoms with Crippen molar-refractivity contribution in [3.63, 3.8) is 0 Å². The molecule has 4 heteroatoms. The van der Waals surface area contributed by atoms with Gasteiger partial charge in [0.1, 0.15) is 0 Å². The van der Waals surface area contributed by atoms with Gasteiger partial charge in [-0.1, -0.05) is 125 Å². The molecule has 4 nitrogen and oxygen atoms in total. The highest BCUT2D eigenvalue weighted by Gasteiger charge is 2.41. The molecule has 0 radical (unpaired) electrons. The maximum atomic E-state index is 13.1. The van der Waals surface area contributed by atoms with Crippen LogP contribution in [0.15, 0.2) is 0 Å². The second-order valence-corrected chi connectivity index (χ2v) is 11.3. The first-order valence-electron chi connectivity index (χ1n) is 14.2. The molecule has 0 aliphatic rings. The number of carbonyl (C=O) groups excluding carboxylic acids is 1. The summed E-state index contributed by atoms with van der Waals surface area (Å²) >= 11 is 0. The standard InChI is InChI=1S/C29H58O4/c1-6-7-8-9-10-11-12-13-14-15-16-17-18-19-20-29(21-25(2)3,22-27(31)23-30)28(32)33-24-26(4)5/h25-27,30-31H,6-24H2,1-5H3. The van der Waals surface area contributed by atoms with Crippen LogP contribution in [0.1, 0.15) is 144 Å². The summed E-state index contributed by atoms with van der Waals surface area (Å²) in [6.45, 7) is 10.7. The number of rotatable bonds is 23. The van der Waals surface area contributed by atoms with Crippen LogP contribution in [0.25, 0.3) is 0 Å². The molecule has 198 valence electrons. The van der Waals surface area contributed by atoms with Gasteiger partial charge in [-0.15, -0.1) is 0 Å². The summed E-state index contributed by atoms with van der Waals surface area (Å²) in [5.74, 6) is 0.427. The van der Waals surface area contributed by atoms with E-state index in [2.05, 4.69) is 20.8 Å². The van der Waals surface area contributed by atoms with Gasteiger partial charge >= 0.3 is 5.97 Å². The van der Waals surface area contributed by atoms with Gasteiger partial charge in [0, 0.05) is 0 Å². The number of carbonyl (C=O) groups is 1. The fourth-order valence-corrected chi connectivity index (χ4v) is 4.91. The van der Waals surface area contributed by atoms with Crippen LogP contribution in [0.2, 0.25) is 0 Å².